The van der Waals surface area contributed by atoms with Crippen LogP contribution < -0.4 is 17.0 Å². The molecule has 0 saturated heterocycles. The third kappa shape index (κ3) is 2.78. The zero-order valence-electron chi connectivity index (χ0n) is 9.96. The molecule has 5 N–H and O–H groups in total. The second-order valence-electron chi connectivity index (χ2n) is 4.97. The highest BCUT2D eigenvalue weighted by atomic mass is 15.3. The molecular weight excluding hydrogens is 186 g/mol. The van der Waals surface area contributed by atoms with Gasteiger partial charge in [-0.3, -0.25) is 5.84 Å². The van der Waals surface area contributed by atoms with Crippen molar-refractivity contribution in [3.05, 3.63) is 34.9 Å². The minimum absolute atomic E-state index is 0.136. The number of hydrogen-bond donors (Lipinski definition) is 3. The Kier molecular flexibility index (Phi) is 3.50. The molecule has 0 aliphatic heterocycles. The summed E-state index contributed by atoms with van der Waals surface area (Å²) in [5, 5.41) is 0. The summed E-state index contributed by atoms with van der Waals surface area (Å²) in [7, 11) is 0. The molecule has 0 amide bonds. The molecule has 1 aromatic carbocycles. The molecular formula is C12H21N3. The van der Waals surface area contributed by atoms with Crippen molar-refractivity contribution in [2.75, 3.05) is 0 Å². The summed E-state index contributed by atoms with van der Waals surface area (Å²) in [4.78, 5) is 0. The second kappa shape index (κ2) is 4.31. The van der Waals surface area contributed by atoms with Crippen molar-refractivity contribution in [3.63, 3.8) is 0 Å². The summed E-state index contributed by atoms with van der Waals surface area (Å²) < 4.78 is 0. The van der Waals surface area contributed by atoms with Crippen LogP contribution in [0.2, 0.25) is 0 Å². The minimum Gasteiger partial charge on any atom is -0.311 e. The Morgan fingerprint density at radius 1 is 1.27 bits per heavy atom. The van der Waals surface area contributed by atoms with E-state index in [1.807, 2.05) is 6.92 Å². The molecule has 0 heterocycles. The van der Waals surface area contributed by atoms with Crippen LogP contribution >= 0.6 is 0 Å². The highest BCUT2D eigenvalue weighted by Gasteiger charge is 2.16. The van der Waals surface area contributed by atoms with E-state index in [0.717, 1.165) is 11.1 Å². The first-order chi connectivity index (χ1) is 6.86. The maximum Gasteiger partial charge on any atom is 0.0938 e. The van der Waals surface area contributed by atoms with Crippen molar-refractivity contribution in [2.45, 2.75) is 39.3 Å². The predicted octanol–water partition coefficient (Wildman–Crippen LogP) is 1.71. The van der Waals surface area contributed by atoms with Crippen molar-refractivity contribution < 1.29 is 0 Å². The van der Waals surface area contributed by atoms with Crippen LogP contribution in [-0.2, 0) is 5.41 Å². The molecule has 0 aliphatic carbocycles. The third-order valence-corrected chi connectivity index (χ3v) is 2.66. The van der Waals surface area contributed by atoms with E-state index in [-0.39, 0.29) is 11.6 Å². The summed E-state index contributed by atoms with van der Waals surface area (Å²) in [6, 6.07) is 6.36. The van der Waals surface area contributed by atoms with Crippen molar-refractivity contribution >= 4 is 0 Å². The number of rotatable bonds is 2. The van der Waals surface area contributed by atoms with E-state index in [1.165, 1.54) is 5.56 Å². The summed E-state index contributed by atoms with van der Waals surface area (Å²) in [5.41, 5.74) is 12.1. The summed E-state index contributed by atoms with van der Waals surface area (Å²) in [5.74, 6) is 5.36. The first kappa shape index (κ1) is 12.2. The van der Waals surface area contributed by atoms with E-state index in [9.17, 15) is 0 Å². The van der Waals surface area contributed by atoms with Crippen LogP contribution in [0.25, 0.3) is 0 Å². The Balaban J connectivity index is 3.17. The number of hydrogen-bond acceptors (Lipinski definition) is 3. The Morgan fingerprint density at radius 2 is 1.87 bits per heavy atom. The summed E-state index contributed by atoms with van der Waals surface area (Å²) in [6.45, 7) is 8.59. The normalized spacial score (nSPS) is 14.0. The van der Waals surface area contributed by atoms with Gasteiger partial charge in [-0.1, -0.05) is 39.0 Å². The van der Waals surface area contributed by atoms with E-state index >= 15 is 0 Å². The fourth-order valence-corrected chi connectivity index (χ4v) is 1.53. The molecule has 0 bridgehead atoms. The second-order valence-corrected chi connectivity index (χ2v) is 4.97. The van der Waals surface area contributed by atoms with Crippen LogP contribution in [0.4, 0.5) is 0 Å². The molecule has 0 aliphatic rings. The fourth-order valence-electron chi connectivity index (χ4n) is 1.53. The van der Waals surface area contributed by atoms with Crippen LogP contribution in [0.5, 0.6) is 0 Å². The van der Waals surface area contributed by atoms with Gasteiger partial charge in [-0.15, -0.1) is 0 Å². The molecule has 0 fully saturated rings. The smallest absolute Gasteiger partial charge is 0.0938 e. The molecule has 0 aromatic heterocycles. The first-order valence-electron chi connectivity index (χ1n) is 5.19. The van der Waals surface area contributed by atoms with E-state index < -0.39 is 0 Å². The van der Waals surface area contributed by atoms with Crippen LogP contribution in [0.1, 0.15) is 43.6 Å². The van der Waals surface area contributed by atoms with Crippen molar-refractivity contribution in [3.8, 4) is 0 Å². The van der Waals surface area contributed by atoms with E-state index in [1.54, 1.807) is 0 Å². The SMILES string of the molecule is Cc1ccc(C(C)(C)C)cc1C(N)NN. The van der Waals surface area contributed by atoms with Gasteiger partial charge in [-0.25, -0.2) is 5.43 Å². The average molecular weight is 207 g/mol. The van der Waals surface area contributed by atoms with Crippen LogP contribution in [-0.4, -0.2) is 0 Å². The van der Waals surface area contributed by atoms with Gasteiger partial charge in [0.15, 0.2) is 0 Å². The van der Waals surface area contributed by atoms with Crippen LogP contribution in [0.15, 0.2) is 18.2 Å². The Morgan fingerprint density at radius 3 is 2.33 bits per heavy atom. The number of aryl methyl sites for hydroxylation is 1. The van der Waals surface area contributed by atoms with Gasteiger partial charge in [0.2, 0.25) is 0 Å². The molecule has 0 saturated carbocycles. The van der Waals surface area contributed by atoms with Crippen LogP contribution in [0, 0.1) is 6.92 Å². The molecule has 3 heteroatoms. The third-order valence-electron chi connectivity index (χ3n) is 2.66. The Bertz CT molecular complexity index is 339. The Labute approximate surface area is 91.8 Å². The molecule has 0 radical (unpaired) electrons. The van der Waals surface area contributed by atoms with Gasteiger partial charge in [-0.05, 0) is 29.0 Å². The molecule has 1 atom stereocenters. The first-order valence-corrected chi connectivity index (χ1v) is 5.19. The van der Waals surface area contributed by atoms with Gasteiger partial charge in [0.1, 0.15) is 0 Å². The van der Waals surface area contributed by atoms with Gasteiger partial charge in [0, 0.05) is 0 Å². The van der Waals surface area contributed by atoms with Crippen molar-refractivity contribution in [1.29, 1.82) is 0 Å². The topological polar surface area (TPSA) is 64.1 Å². The molecule has 1 unspecified atom stereocenters. The zero-order chi connectivity index (χ0) is 11.6. The zero-order valence-corrected chi connectivity index (χ0v) is 9.96. The van der Waals surface area contributed by atoms with Gasteiger partial charge in [0.05, 0.1) is 6.17 Å². The highest BCUT2D eigenvalue weighted by Crippen LogP contribution is 2.25. The van der Waals surface area contributed by atoms with Gasteiger partial charge in [0.25, 0.3) is 0 Å². The molecule has 84 valence electrons. The number of benzene rings is 1. The molecule has 0 spiro atoms. The number of nitrogens with two attached hydrogens (primary N) is 2. The molecule has 3 nitrogen and oxygen atoms in total. The standard InChI is InChI=1S/C12H21N3/c1-8-5-6-9(12(2,3)4)7-10(8)11(13)15-14/h5-7,11,15H,13-14H2,1-4H3. The maximum atomic E-state index is 5.87. The number of hydrazine groups is 1. The lowest BCUT2D eigenvalue weighted by Gasteiger charge is -2.22. The van der Waals surface area contributed by atoms with E-state index in [2.05, 4.69) is 44.4 Å². The van der Waals surface area contributed by atoms with Crippen molar-refractivity contribution in [1.82, 2.24) is 5.43 Å². The van der Waals surface area contributed by atoms with Gasteiger partial charge < -0.3 is 5.73 Å². The van der Waals surface area contributed by atoms with Gasteiger partial charge in [-0.2, -0.15) is 0 Å². The largest absolute Gasteiger partial charge is 0.311 e. The number of nitrogens with one attached hydrogen (secondary N) is 1. The van der Waals surface area contributed by atoms with E-state index in [4.69, 9.17) is 11.6 Å². The quantitative estimate of drug-likeness (QED) is 0.393. The maximum absolute atomic E-state index is 5.87. The summed E-state index contributed by atoms with van der Waals surface area (Å²) in [6.07, 6.45) is -0.299. The average Bonchev–Trinajstić information content (AvgIpc) is 2.15. The lowest BCUT2D eigenvalue weighted by Crippen LogP contribution is -2.34. The van der Waals surface area contributed by atoms with Crippen LogP contribution in [0.3, 0.4) is 0 Å². The molecule has 1 aromatic rings. The summed E-state index contributed by atoms with van der Waals surface area (Å²) >= 11 is 0. The lowest BCUT2D eigenvalue weighted by atomic mass is 9.85. The van der Waals surface area contributed by atoms with Gasteiger partial charge >= 0.3 is 0 Å². The highest BCUT2D eigenvalue weighted by molar-refractivity contribution is 5.36. The van der Waals surface area contributed by atoms with E-state index in [0.29, 0.717) is 0 Å². The lowest BCUT2D eigenvalue weighted by molar-refractivity contribution is 0.561. The predicted molar refractivity (Wildman–Crippen MR) is 64.1 cm³/mol. The van der Waals surface area contributed by atoms with Crippen molar-refractivity contribution in [2.24, 2.45) is 11.6 Å². The monoisotopic (exact) mass is 207 g/mol. The Hall–Kier alpha value is -0.900. The minimum atomic E-state index is -0.299. The molecule has 15 heavy (non-hydrogen) atoms. The fraction of sp³-hybridized carbons (Fsp3) is 0.500. The molecule has 1 rings (SSSR count).